The summed E-state index contributed by atoms with van der Waals surface area (Å²) in [5.74, 6) is 1.04. The third kappa shape index (κ3) is 4.17. The van der Waals surface area contributed by atoms with Crippen LogP contribution in [0.2, 0.25) is 0 Å². The molecular weight excluding hydrogens is 268 g/mol. The van der Waals surface area contributed by atoms with E-state index in [1.54, 1.807) is 7.05 Å². The molecule has 1 aromatic heterocycles. The summed E-state index contributed by atoms with van der Waals surface area (Å²) in [4.78, 5) is 12.9. The Morgan fingerprint density at radius 2 is 1.81 bits per heavy atom. The van der Waals surface area contributed by atoms with Crippen molar-refractivity contribution in [2.45, 2.75) is 58.5 Å². The minimum atomic E-state index is 0.357. The van der Waals surface area contributed by atoms with E-state index in [0.717, 1.165) is 6.42 Å². The van der Waals surface area contributed by atoms with Crippen molar-refractivity contribution in [2.75, 3.05) is 24.4 Å². The number of nitrogens with zero attached hydrogens (tertiary/aromatic N) is 4. The topological polar surface area (TPSA) is 75.2 Å². The van der Waals surface area contributed by atoms with Crippen molar-refractivity contribution in [1.82, 2.24) is 20.0 Å². The van der Waals surface area contributed by atoms with Crippen molar-refractivity contribution in [3.05, 3.63) is 0 Å². The van der Waals surface area contributed by atoms with E-state index in [1.165, 1.54) is 19.3 Å². The molecule has 1 fully saturated rings. The SMILES string of the molecule is CCCOc1nc(NC)nc(NN2C(C)CCCC2C)n1. The van der Waals surface area contributed by atoms with Crippen LogP contribution in [0.1, 0.15) is 46.5 Å². The molecular formula is C14H26N6O. The number of nitrogens with one attached hydrogen (secondary N) is 2. The van der Waals surface area contributed by atoms with Gasteiger partial charge in [0.1, 0.15) is 0 Å². The largest absolute Gasteiger partial charge is 0.463 e. The van der Waals surface area contributed by atoms with Crippen molar-refractivity contribution in [3.63, 3.8) is 0 Å². The first-order valence-corrected chi connectivity index (χ1v) is 7.75. The van der Waals surface area contributed by atoms with Gasteiger partial charge in [-0.15, -0.1) is 0 Å². The van der Waals surface area contributed by atoms with Crippen LogP contribution < -0.4 is 15.5 Å². The third-order valence-corrected chi connectivity index (χ3v) is 3.70. The molecule has 0 aromatic carbocycles. The maximum Gasteiger partial charge on any atom is 0.323 e. The van der Waals surface area contributed by atoms with E-state index in [0.29, 0.717) is 36.6 Å². The summed E-state index contributed by atoms with van der Waals surface area (Å²) in [6, 6.07) is 1.28. The number of hydrogen-bond donors (Lipinski definition) is 2. The molecule has 2 rings (SSSR count). The van der Waals surface area contributed by atoms with Crippen molar-refractivity contribution in [1.29, 1.82) is 0 Å². The summed E-state index contributed by atoms with van der Waals surface area (Å²) in [6.45, 7) is 7.09. The van der Waals surface area contributed by atoms with Crippen LogP contribution in [0.4, 0.5) is 11.9 Å². The lowest BCUT2D eigenvalue weighted by Gasteiger charge is -2.38. The molecule has 21 heavy (non-hydrogen) atoms. The van der Waals surface area contributed by atoms with Crippen molar-refractivity contribution < 1.29 is 4.74 Å². The summed E-state index contributed by atoms with van der Waals surface area (Å²) < 4.78 is 5.52. The van der Waals surface area contributed by atoms with Gasteiger partial charge in [0.2, 0.25) is 11.9 Å². The molecule has 2 unspecified atom stereocenters. The Morgan fingerprint density at radius 3 is 2.43 bits per heavy atom. The lowest BCUT2D eigenvalue weighted by atomic mass is 10.00. The Balaban J connectivity index is 2.13. The quantitative estimate of drug-likeness (QED) is 0.833. The predicted octanol–water partition coefficient (Wildman–Crippen LogP) is 2.29. The molecule has 1 aliphatic heterocycles. The molecule has 2 heterocycles. The Hall–Kier alpha value is -1.63. The van der Waals surface area contributed by atoms with E-state index >= 15 is 0 Å². The molecule has 1 aliphatic rings. The van der Waals surface area contributed by atoms with Crippen molar-refractivity contribution in [3.8, 4) is 6.01 Å². The highest BCUT2D eigenvalue weighted by molar-refractivity contribution is 5.34. The van der Waals surface area contributed by atoms with Gasteiger partial charge in [0.15, 0.2) is 0 Å². The Labute approximate surface area is 126 Å². The van der Waals surface area contributed by atoms with E-state index in [4.69, 9.17) is 4.74 Å². The van der Waals surface area contributed by atoms with Gasteiger partial charge < -0.3 is 10.1 Å². The second kappa shape index (κ2) is 7.40. The van der Waals surface area contributed by atoms with Gasteiger partial charge in [-0.2, -0.15) is 15.0 Å². The van der Waals surface area contributed by atoms with Crippen LogP contribution in [0, 0.1) is 0 Å². The highest BCUT2D eigenvalue weighted by atomic mass is 16.5. The molecule has 0 radical (unpaired) electrons. The van der Waals surface area contributed by atoms with Crippen LogP contribution in [-0.2, 0) is 0 Å². The van der Waals surface area contributed by atoms with Crippen molar-refractivity contribution in [2.24, 2.45) is 0 Å². The zero-order valence-corrected chi connectivity index (χ0v) is 13.4. The van der Waals surface area contributed by atoms with E-state index < -0.39 is 0 Å². The lowest BCUT2D eigenvalue weighted by Crippen LogP contribution is -2.47. The van der Waals surface area contributed by atoms with Gasteiger partial charge in [-0.05, 0) is 33.1 Å². The minimum Gasteiger partial charge on any atom is -0.463 e. The summed E-state index contributed by atoms with van der Waals surface area (Å²) >= 11 is 0. The Morgan fingerprint density at radius 1 is 1.14 bits per heavy atom. The first-order valence-electron chi connectivity index (χ1n) is 7.75. The monoisotopic (exact) mass is 294 g/mol. The average molecular weight is 294 g/mol. The summed E-state index contributed by atoms with van der Waals surface area (Å²) in [7, 11) is 1.79. The van der Waals surface area contributed by atoms with Crippen LogP contribution in [-0.4, -0.2) is 45.7 Å². The molecule has 0 aliphatic carbocycles. The molecule has 7 heteroatoms. The molecule has 0 amide bonds. The van der Waals surface area contributed by atoms with E-state index in [1.807, 2.05) is 0 Å². The standard InChI is InChI=1S/C14H26N6O/c1-5-9-21-14-17-12(15-4)16-13(18-14)19-20-10(2)7-6-8-11(20)3/h10-11H,5-9H2,1-4H3,(H2,15,16,17,18,19). The van der Waals surface area contributed by atoms with Crippen molar-refractivity contribution >= 4 is 11.9 Å². The zero-order valence-electron chi connectivity index (χ0n) is 13.4. The summed E-state index contributed by atoms with van der Waals surface area (Å²) in [5.41, 5.74) is 3.32. The van der Waals surface area contributed by atoms with Crippen LogP contribution in [0.3, 0.4) is 0 Å². The maximum absolute atomic E-state index is 5.52. The highest BCUT2D eigenvalue weighted by Gasteiger charge is 2.25. The molecule has 1 aromatic rings. The van der Waals surface area contributed by atoms with Gasteiger partial charge >= 0.3 is 6.01 Å². The van der Waals surface area contributed by atoms with E-state index in [-0.39, 0.29) is 0 Å². The molecule has 0 spiro atoms. The van der Waals surface area contributed by atoms with Crippen LogP contribution in [0.15, 0.2) is 0 Å². The van der Waals surface area contributed by atoms with E-state index in [9.17, 15) is 0 Å². The fraction of sp³-hybridized carbons (Fsp3) is 0.786. The van der Waals surface area contributed by atoms with Gasteiger partial charge in [0, 0.05) is 19.1 Å². The van der Waals surface area contributed by atoms with Crippen LogP contribution >= 0.6 is 0 Å². The number of aromatic nitrogens is 3. The number of hydrogen-bond acceptors (Lipinski definition) is 7. The fourth-order valence-corrected chi connectivity index (χ4v) is 2.53. The first-order chi connectivity index (χ1) is 10.1. The molecule has 0 saturated carbocycles. The van der Waals surface area contributed by atoms with Crippen LogP contribution in [0.5, 0.6) is 6.01 Å². The zero-order chi connectivity index (χ0) is 15.2. The minimum absolute atomic E-state index is 0.357. The predicted molar refractivity (Wildman–Crippen MR) is 83.4 cm³/mol. The van der Waals surface area contributed by atoms with Crippen LogP contribution in [0.25, 0.3) is 0 Å². The molecule has 2 N–H and O–H groups in total. The molecule has 118 valence electrons. The van der Waals surface area contributed by atoms with E-state index in [2.05, 4.69) is 51.5 Å². The lowest BCUT2D eigenvalue weighted by molar-refractivity contribution is 0.134. The van der Waals surface area contributed by atoms with Gasteiger partial charge in [-0.25, -0.2) is 5.01 Å². The third-order valence-electron chi connectivity index (χ3n) is 3.70. The normalized spacial score (nSPS) is 22.9. The molecule has 2 atom stereocenters. The first kappa shape index (κ1) is 15.8. The fourth-order valence-electron chi connectivity index (χ4n) is 2.53. The second-order valence-electron chi connectivity index (χ2n) is 5.51. The highest BCUT2D eigenvalue weighted by Crippen LogP contribution is 2.23. The molecule has 0 bridgehead atoms. The number of ether oxygens (including phenoxy) is 1. The number of anilines is 2. The Kier molecular flexibility index (Phi) is 5.55. The summed E-state index contributed by atoms with van der Waals surface area (Å²) in [5, 5.41) is 5.17. The number of piperidine rings is 1. The van der Waals surface area contributed by atoms with Gasteiger partial charge in [-0.3, -0.25) is 5.43 Å². The Bertz CT molecular complexity index is 445. The average Bonchev–Trinajstić information content (AvgIpc) is 2.49. The number of hydrazine groups is 1. The smallest absolute Gasteiger partial charge is 0.323 e. The van der Waals surface area contributed by atoms with Gasteiger partial charge in [0.05, 0.1) is 6.61 Å². The molecule has 1 saturated heterocycles. The number of rotatable bonds is 6. The summed E-state index contributed by atoms with van der Waals surface area (Å²) in [6.07, 6.45) is 4.55. The van der Waals surface area contributed by atoms with Gasteiger partial charge in [-0.1, -0.05) is 13.3 Å². The molecule has 7 nitrogen and oxygen atoms in total. The maximum atomic E-state index is 5.52. The van der Waals surface area contributed by atoms with Gasteiger partial charge in [0.25, 0.3) is 0 Å². The second-order valence-corrected chi connectivity index (χ2v) is 5.51.